The van der Waals surface area contributed by atoms with E-state index in [4.69, 9.17) is 17.0 Å². The van der Waals surface area contributed by atoms with E-state index < -0.39 is 17.4 Å². The highest BCUT2D eigenvalue weighted by molar-refractivity contribution is 7.80. The lowest BCUT2D eigenvalue weighted by Crippen LogP contribution is -2.50. The zero-order valence-electron chi connectivity index (χ0n) is 17.8. The summed E-state index contributed by atoms with van der Waals surface area (Å²) in [5.41, 5.74) is 2.05. The molecule has 32 heavy (non-hydrogen) atoms. The molecule has 3 heterocycles. The molecule has 2 aromatic carbocycles. The number of fused-ring (bicyclic) bond motifs is 5. The quantitative estimate of drug-likeness (QED) is 0.403. The number of aryl methyl sites for hydroxylation is 1. The molecule has 0 aliphatic carbocycles. The van der Waals surface area contributed by atoms with E-state index in [0.717, 1.165) is 12.0 Å². The first-order valence-electron chi connectivity index (χ1n) is 10.9. The van der Waals surface area contributed by atoms with Crippen LogP contribution < -0.4 is 15.5 Å². The Bertz CT molecular complexity index is 1090. The number of ether oxygens (including phenoxy) is 1. The highest BCUT2D eigenvalue weighted by Gasteiger charge is 2.67. The van der Waals surface area contributed by atoms with Crippen LogP contribution in [-0.4, -0.2) is 41.7 Å². The van der Waals surface area contributed by atoms with Gasteiger partial charge in [0.1, 0.15) is 5.60 Å². The SMILES string of the molecule is Cc1ccc(N2C(=O)C3C4C=CC(CNC(=S)NCCc5ccccc5)(O4)C3C2=O)cc1. The van der Waals surface area contributed by atoms with Crippen molar-refractivity contribution in [1.82, 2.24) is 10.6 Å². The average Bonchev–Trinajstić information content (AvgIpc) is 3.44. The number of benzene rings is 2. The Balaban J connectivity index is 1.24. The van der Waals surface area contributed by atoms with Crippen molar-refractivity contribution in [3.8, 4) is 0 Å². The number of hydrogen-bond acceptors (Lipinski definition) is 4. The van der Waals surface area contributed by atoms with E-state index in [1.54, 1.807) is 0 Å². The Morgan fingerprint density at radius 1 is 1.06 bits per heavy atom. The Labute approximate surface area is 192 Å². The number of nitrogens with zero attached hydrogens (tertiary/aromatic N) is 1. The molecule has 4 atom stereocenters. The second-order valence-electron chi connectivity index (χ2n) is 8.59. The molecule has 2 amide bonds. The third-order valence-corrected chi connectivity index (χ3v) is 6.80. The van der Waals surface area contributed by atoms with Crippen LogP contribution in [0.4, 0.5) is 5.69 Å². The van der Waals surface area contributed by atoms with Gasteiger partial charge in [0.2, 0.25) is 11.8 Å². The first-order chi connectivity index (χ1) is 15.5. The molecule has 2 saturated heterocycles. The van der Waals surface area contributed by atoms with E-state index in [1.807, 2.05) is 61.5 Å². The molecule has 5 rings (SSSR count). The molecule has 0 saturated carbocycles. The molecular weight excluding hydrogens is 422 g/mol. The highest BCUT2D eigenvalue weighted by Crippen LogP contribution is 2.52. The van der Waals surface area contributed by atoms with E-state index in [-0.39, 0.29) is 17.9 Å². The third kappa shape index (κ3) is 3.51. The fraction of sp³-hybridized carbons (Fsp3) is 0.320. The Kier molecular flexibility index (Phi) is 5.31. The van der Waals surface area contributed by atoms with E-state index in [1.165, 1.54) is 10.5 Å². The lowest BCUT2D eigenvalue weighted by Gasteiger charge is -2.29. The third-order valence-electron chi connectivity index (χ3n) is 6.51. The zero-order chi connectivity index (χ0) is 22.3. The zero-order valence-corrected chi connectivity index (χ0v) is 18.6. The minimum Gasteiger partial charge on any atom is -0.362 e. The maximum atomic E-state index is 13.4. The van der Waals surface area contributed by atoms with Gasteiger partial charge in [-0.15, -0.1) is 0 Å². The standard InChI is InChI=1S/C25H25N3O3S/c1-16-7-9-18(10-8-16)28-22(29)20-19-11-13-25(31-19,21(20)23(28)30)15-27-24(32)26-14-12-17-5-3-2-4-6-17/h2-11,13,19-21H,12,14-15H2,1H3,(H2,26,27,32). The van der Waals surface area contributed by atoms with Crippen LogP contribution in [-0.2, 0) is 20.7 Å². The topological polar surface area (TPSA) is 70.7 Å². The number of imide groups is 1. The molecule has 2 bridgehead atoms. The van der Waals surface area contributed by atoms with Crippen molar-refractivity contribution in [3.63, 3.8) is 0 Å². The van der Waals surface area contributed by atoms with E-state index >= 15 is 0 Å². The van der Waals surface area contributed by atoms with Gasteiger partial charge in [-0.3, -0.25) is 9.59 Å². The summed E-state index contributed by atoms with van der Waals surface area (Å²) in [6.45, 7) is 3.01. The average molecular weight is 448 g/mol. The van der Waals surface area contributed by atoms with Gasteiger partial charge in [-0.2, -0.15) is 0 Å². The summed E-state index contributed by atoms with van der Waals surface area (Å²) in [4.78, 5) is 27.8. The summed E-state index contributed by atoms with van der Waals surface area (Å²) >= 11 is 5.44. The predicted octanol–water partition coefficient (Wildman–Crippen LogP) is 2.51. The molecule has 2 fully saturated rings. The van der Waals surface area contributed by atoms with Crippen molar-refractivity contribution < 1.29 is 14.3 Å². The monoisotopic (exact) mass is 447 g/mol. The fourth-order valence-electron chi connectivity index (χ4n) is 4.90. The van der Waals surface area contributed by atoms with Gasteiger partial charge in [-0.05, 0) is 43.3 Å². The van der Waals surface area contributed by atoms with Gasteiger partial charge in [-0.1, -0.05) is 60.2 Å². The lowest BCUT2D eigenvalue weighted by molar-refractivity contribution is -0.126. The van der Waals surface area contributed by atoms with Crippen LogP contribution in [0, 0.1) is 18.8 Å². The molecule has 2 aromatic rings. The largest absolute Gasteiger partial charge is 0.362 e. The highest BCUT2D eigenvalue weighted by atomic mass is 32.1. The number of thiocarbonyl (C=S) groups is 1. The van der Waals surface area contributed by atoms with Gasteiger partial charge in [0, 0.05) is 6.54 Å². The number of carbonyl (C=O) groups excluding carboxylic acids is 2. The van der Waals surface area contributed by atoms with Crippen molar-refractivity contribution in [2.24, 2.45) is 11.8 Å². The predicted molar refractivity (Wildman–Crippen MR) is 126 cm³/mol. The minimum absolute atomic E-state index is 0.191. The smallest absolute Gasteiger partial charge is 0.241 e. The molecule has 164 valence electrons. The van der Waals surface area contributed by atoms with E-state index in [2.05, 4.69) is 22.8 Å². The summed E-state index contributed by atoms with van der Waals surface area (Å²) in [7, 11) is 0. The van der Waals surface area contributed by atoms with Crippen molar-refractivity contribution in [1.29, 1.82) is 0 Å². The van der Waals surface area contributed by atoms with Crippen molar-refractivity contribution in [3.05, 3.63) is 77.9 Å². The first kappa shape index (κ1) is 20.8. The van der Waals surface area contributed by atoms with Crippen LogP contribution in [0.3, 0.4) is 0 Å². The van der Waals surface area contributed by atoms with E-state index in [0.29, 0.717) is 23.9 Å². The fourth-order valence-corrected chi connectivity index (χ4v) is 5.07. The molecule has 0 aromatic heterocycles. The second kappa shape index (κ2) is 8.15. The number of hydrogen-bond donors (Lipinski definition) is 2. The van der Waals surface area contributed by atoms with Gasteiger partial charge >= 0.3 is 0 Å². The molecule has 4 unspecified atom stereocenters. The first-order valence-corrected chi connectivity index (χ1v) is 11.3. The molecule has 6 nitrogen and oxygen atoms in total. The van der Waals surface area contributed by atoms with Crippen LogP contribution in [0.1, 0.15) is 11.1 Å². The molecule has 7 heteroatoms. The Morgan fingerprint density at radius 3 is 2.56 bits per heavy atom. The summed E-state index contributed by atoms with van der Waals surface area (Å²) in [5.74, 6) is -1.44. The van der Waals surface area contributed by atoms with Gasteiger partial charge in [-0.25, -0.2) is 4.90 Å². The van der Waals surface area contributed by atoms with Gasteiger partial charge in [0.25, 0.3) is 0 Å². The molecule has 3 aliphatic heterocycles. The summed E-state index contributed by atoms with van der Waals surface area (Å²) in [5, 5.41) is 6.92. The lowest BCUT2D eigenvalue weighted by atomic mass is 9.77. The number of carbonyl (C=O) groups is 2. The minimum atomic E-state index is -0.868. The molecule has 0 radical (unpaired) electrons. The van der Waals surface area contributed by atoms with Crippen LogP contribution >= 0.6 is 12.2 Å². The van der Waals surface area contributed by atoms with Crippen LogP contribution in [0.25, 0.3) is 0 Å². The Hall–Kier alpha value is -3.03. The molecule has 2 N–H and O–H groups in total. The summed E-state index contributed by atoms with van der Waals surface area (Å²) < 4.78 is 6.17. The van der Waals surface area contributed by atoms with Crippen LogP contribution in [0.15, 0.2) is 66.7 Å². The van der Waals surface area contributed by atoms with Crippen molar-refractivity contribution in [2.75, 3.05) is 18.0 Å². The van der Waals surface area contributed by atoms with E-state index in [9.17, 15) is 9.59 Å². The number of nitrogens with one attached hydrogen (secondary N) is 2. The van der Waals surface area contributed by atoms with Gasteiger partial charge in [0.15, 0.2) is 5.11 Å². The normalized spacial score (nSPS) is 27.7. The van der Waals surface area contributed by atoms with Gasteiger partial charge < -0.3 is 15.4 Å². The van der Waals surface area contributed by atoms with Crippen LogP contribution in [0.2, 0.25) is 0 Å². The maximum absolute atomic E-state index is 13.4. The number of anilines is 1. The van der Waals surface area contributed by atoms with Crippen molar-refractivity contribution in [2.45, 2.75) is 25.0 Å². The number of amides is 2. The second-order valence-corrected chi connectivity index (χ2v) is 9.00. The molecule has 3 aliphatic rings. The summed E-state index contributed by atoms with van der Waals surface area (Å²) in [6.07, 6.45) is 4.30. The number of rotatable bonds is 6. The Morgan fingerprint density at radius 2 is 1.81 bits per heavy atom. The van der Waals surface area contributed by atoms with Gasteiger partial charge in [0.05, 0.1) is 30.2 Å². The van der Waals surface area contributed by atoms with Crippen LogP contribution in [0.5, 0.6) is 0 Å². The molecule has 0 spiro atoms. The maximum Gasteiger partial charge on any atom is 0.241 e. The van der Waals surface area contributed by atoms with Crippen molar-refractivity contribution >= 4 is 34.8 Å². The summed E-state index contributed by atoms with van der Waals surface area (Å²) in [6, 6.07) is 17.6. The molecular formula is C25H25N3O3S.